The summed E-state index contributed by atoms with van der Waals surface area (Å²) in [6.07, 6.45) is 3.50. The lowest BCUT2D eigenvalue weighted by atomic mass is 9.92. The highest BCUT2D eigenvalue weighted by molar-refractivity contribution is 7.80. The maximum atomic E-state index is 12.4. The largest absolute Gasteiger partial charge is 0.444 e. The predicted octanol–water partition coefficient (Wildman–Crippen LogP) is 4.99. The number of nitrogens with one attached hydrogen (secondary N) is 2. The molecule has 5 nitrogen and oxygen atoms in total. The molecule has 1 saturated heterocycles. The van der Waals surface area contributed by atoms with Crippen molar-refractivity contribution in [3.8, 4) is 0 Å². The topological polar surface area (TPSA) is 53.6 Å². The second-order valence-electron chi connectivity index (χ2n) is 9.65. The minimum absolute atomic E-state index is 0.0142. The summed E-state index contributed by atoms with van der Waals surface area (Å²) in [4.78, 5) is 15.6. The lowest BCUT2D eigenvalue weighted by molar-refractivity contribution is 0.0513. The maximum absolute atomic E-state index is 12.4. The third kappa shape index (κ3) is 8.23. The number of thiocarbonyl (C=S) groups is 1. The van der Waals surface area contributed by atoms with Crippen LogP contribution in [0, 0.1) is 0 Å². The van der Waals surface area contributed by atoms with Crippen LogP contribution in [0.5, 0.6) is 0 Å². The highest BCUT2D eigenvalue weighted by atomic mass is 32.1. The Hall–Kier alpha value is -1.66. The first-order valence-electron chi connectivity index (χ1n) is 11.2. The second-order valence-corrected chi connectivity index (χ2v) is 10.1. The van der Waals surface area contributed by atoms with E-state index in [4.69, 9.17) is 17.0 Å². The van der Waals surface area contributed by atoms with Gasteiger partial charge < -0.3 is 15.4 Å². The van der Waals surface area contributed by atoms with Crippen molar-refractivity contribution in [3.63, 3.8) is 0 Å². The van der Waals surface area contributed by atoms with Gasteiger partial charge in [0.25, 0.3) is 0 Å². The van der Waals surface area contributed by atoms with E-state index in [1.54, 1.807) is 0 Å². The smallest absolute Gasteiger partial charge is 0.408 e. The van der Waals surface area contributed by atoms with Crippen molar-refractivity contribution in [1.82, 2.24) is 15.5 Å². The van der Waals surface area contributed by atoms with E-state index in [1.165, 1.54) is 37.9 Å². The molecule has 1 aliphatic heterocycles. The first-order chi connectivity index (χ1) is 14.0. The average Bonchev–Trinajstić information content (AvgIpc) is 2.65. The van der Waals surface area contributed by atoms with Crippen molar-refractivity contribution in [3.05, 3.63) is 35.4 Å². The van der Waals surface area contributed by atoms with Gasteiger partial charge >= 0.3 is 6.09 Å². The number of likely N-dealkylation sites (tertiary alicyclic amines) is 1. The fourth-order valence-corrected chi connectivity index (χ4v) is 4.22. The number of carbonyl (C=O) groups is 1. The molecule has 2 rings (SSSR count). The molecule has 1 aromatic carbocycles. The second kappa shape index (κ2) is 11.1. The van der Waals surface area contributed by atoms with Crippen LogP contribution in [0.1, 0.15) is 77.8 Å². The minimum atomic E-state index is -0.554. The quantitative estimate of drug-likeness (QED) is 0.593. The summed E-state index contributed by atoms with van der Waals surface area (Å²) in [6.45, 7) is 15.1. The Morgan fingerprint density at radius 1 is 1.07 bits per heavy atom. The summed E-state index contributed by atoms with van der Waals surface area (Å²) >= 11 is 5.63. The molecule has 168 valence electrons. The van der Waals surface area contributed by atoms with Crippen LogP contribution in [0.15, 0.2) is 24.3 Å². The SMILES string of the molecule is CC(C)NC(=S)C(NC(=O)OC(C)(C)C)C(C)c1ccc(CN2CCCCC2)cc1. The summed E-state index contributed by atoms with van der Waals surface area (Å²) in [6, 6.07) is 8.57. The van der Waals surface area contributed by atoms with Crippen molar-refractivity contribution in [2.24, 2.45) is 0 Å². The number of amides is 1. The summed E-state index contributed by atoms with van der Waals surface area (Å²) in [7, 11) is 0. The maximum Gasteiger partial charge on any atom is 0.408 e. The molecule has 0 aliphatic carbocycles. The number of piperidine rings is 1. The van der Waals surface area contributed by atoms with Gasteiger partial charge in [-0.2, -0.15) is 0 Å². The number of rotatable bonds is 7. The Morgan fingerprint density at radius 3 is 2.20 bits per heavy atom. The lowest BCUT2D eigenvalue weighted by Gasteiger charge is -2.30. The zero-order valence-electron chi connectivity index (χ0n) is 19.5. The standard InChI is InChI=1S/C24H39N3O2S/c1-17(2)25-22(30)21(26-23(28)29-24(4,5)6)18(3)20-12-10-19(11-13-20)16-27-14-8-7-9-15-27/h10-13,17-18,21H,7-9,14-16H2,1-6H3,(H,25,30)(H,26,28). The molecule has 1 fully saturated rings. The van der Waals surface area contributed by atoms with E-state index in [0.717, 1.165) is 12.1 Å². The molecular weight excluding hydrogens is 394 g/mol. The summed E-state index contributed by atoms with van der Waals surface area (Å²) in [5.41, 5.74) is 1.92. The van der Waals surface area contributed by atoms with Gasteiger partial charge in [0.1, 0.15) is 5.60 Å². The molecule has 0 radical (unpaired) electrons. The van der Waals surface area contributed by atoms with Crippen LogP contribution < -0.4 is 10.6 Å². The Labute approximate surface area is 187 Å². The molecule has 1 aromatic rings. The van der Waals surface area contributed by atoms with E-state index in [1.807, 2.05) is 34.6 Å². The zero-order valence-corrected chi connectivity index (χ0v) is 20.3. The van der Waals surface area contributed by atoms with E-state index >= 15 is 0 Å². The fraction of sp³-hybridized carbons (Fsp3) is 0.667. The molecule has 0 aromatic heterocycles. The molecule has 1 heterocycles. The van der Waals surface area contributed by atoms with Crippen molar-refractivity contribution < 1.29 is 9.53 Å². The van der Waals surface area contributed by atoms with Gasteiger partial charge in [-0.1, -0.05) is 49.8 Å². The third-order valence-corrected chi connectivity index (χ3v) is 5.62. The number of nitrogens with zero attached hydrogens (tertiary/aromatic N) is 1. The minimum Gasteiger partial charge on any atom is -0.444 e. The zero-order chi connectivity index (χ0) is 22.3. The van der Waals surface area contributed by atoms with Gasteiger partial charge in [-0.25, -0.2) is 4.79 Å². The molecule has 1 aliphatic rings. The van der Waals surface area contributed by atoms with Crippen molar-refractivity contribution in [2.45, 2.75) is 91.0 Å². The summed E-state index contributed by atoms with van der Waals surface area (Å²) < 4.78 is 5.47. The van der Waals surface area contributed by atoms with Gasteiger partial charge in [0.15, 0.2) is 0 Å². The van der Waals surface area contributed by atoms with Crippen LogP contribution in [0.2, 0.25) is 0 Å². The number of benzene rings is 1. The van der Waals surface area contributed by atoms with Gasteiger partial charge in [-0.3, -0.25) is 4.90 Å². The fourth-order valence-electron chi connectivity index (χ4n) is 3.72. The number of carbonyl (C=O) groups excluding carboxylic acids is 1. The Balaban J connectivity index is 2.10. The first-order valence-corrected chi connectivity index (χ1v) is 11.6. The van der Waals surface area contributed by atoms with Crippen molar-refractivity contribution in [2.75, 3.05) is 13.1 Å². The van der Waals surface area contributed by atoms with E-state index in [-0.39, 0.29) is 18.0 Å². The van der Waals surface area contributed by atoms with Gasteiger partial charge in [0.05, 0.1) is 11.0 Å². The normalized spacial score (nSPS) is 17.3. The first kappa shape index (κ1) is 24.6. The van der Waals surface area contributed by atoms with Crippen LogP contribution in [-0.4, -0.2) is 46.8 Å². The van der Waals surface area contributed by atoms with Crippen molar-refractivity contribution in [1.29, 1.82) is 0 Å². The van der Waals surface area contributed by atoms with E-state index in [2.05, 4.69) is 46.7 Å². The molecule has 0 spiro atoms. The monoisotopic (exact) mass is 433 g/mol. The van der Waals surface area contributed by atoms with Gasteiger partial charge in [0.2, 0.25) is 0 Å². The van der Waals surface area contributed by atoms with Crippen LogP contribution >= 0.6 is 12.2 Å². The van der Waals surface area contributed by atoms with Gasteiger partial charge in [-0.05, 0) is 71.7 Å². The van der Waals surface area contributed by atoms with Crippen LogP contribution in [0.25, 0.3) is 0 Å². The highest BCUT2D eigenvalue weighted by Crippen LogP contribution is 2.22. The molecule has 2 atom stereocenters. The highest BCUT2D eigenvalue weighted by Gasteiger charge is 2.28. The molecule has 2 unspecified atom stereocenters. The number of hydrogen-bond acceptors (Lipinski definition) is 4. The van der Waals surface area contributed by atoms with Crippen LogP contribution in [-0.2, 0) is 11.3 Å². The number of ether oxygens (including phenoxy) is 1. The third-order valence-electron chi connectivity index (χ3n) is 5.25. The average molecular weight is 434 g/mol. The molecule has 2 N–H and O–H groups in total. The van der Waals surface area contributed by atoms with Crippen molar-refractivity contribution >= 4 is 23.3 Å². The molecule has 0 saturated carbocycles. The summed E-state index contributed by atoms with van der Waals surface area (Å²) in [5.74, 6) is 0.0142. The lowest BCUT2D eigenvalue weighted by Crippen LogP contribution is -2.51. The molecule has 0 bridgehead atoms. The van der Waals surface area contributed by atoms with Crippen LogP contribution in [0.4, 0.5) is 4.79 Å². The van der Waals surface area contributed by atoms with Crippen LogP contribution in [0.3, 0.4) is 0 Å². The molecule has 30 heavy (non-hydrogen) atoms. The van der Waals surface area contributed by atoms with Gasteiger partial charge in [-0.15, -0.1) is 0 Å². The summed E-state index contributed by atoms with van der Waals surface area (Å²) in [5, 5.41) is 6.27. The Morgan fingerprint density at radius 2 is 1.67 bits per heavy atom. The van der Waals surface area contributed by atoms with Gasteiger partial charge in [0, 0.05) is 18.5 Å². The van der Waals surface area contributed by atoms with E-state index < -0.39 is 11.7 Å². The van der Waals surface area contributed by atoms with E-state index in [0.29, 0.717) is 4.99 Å². The number of hydrogen-bond donors (Lipinski definition) is 2. The Kier molecular flexibility index (Phi) is 9.10. The Bertz CT molecular complexity index is 691. The molecular formula is C24H39N3O2S. The molecule has 6 heteroatoms. The predicted molar refractivity (Wildman–Crippen MR) is 128 cm³/mol. The molecule has 1 amide bonds. The van der Waals surface area contributed by atoms with E-state index in [9.17, 15) is 4.79 Å². The number of alkyl carbamates (subject to hydrolysis) is 1.